The molecule has 5 aromatic rings. The summed E-state index contributed by atoms with van der Waals surface area (Å²) in [6, 6.07) is 34.3. The highest BCUT2D eigenvalue weighted by Crippen LogP contribution is 2.38. The van der Waals surface area contributed by atoms with Crippen LogP contribution in [0.3, 0.4) is 0 Å². The Morgan fingerprint density at radius 2 is 1.20 bits per heavy atom. The number of hydrogen-bond donors (Lipinski definition) is 1. The predicted octanol–water partition coefficient (Wildman–Crippen LogP) is 7.00. The van der Waals surface area contributed by atoms with Gasteiger partial charge in [0.1, 0.15) is 17.2 Å². The van der Waals surface area contributed by atoms with E-state index in [-0.39, 0.29) is 40.1 Å². The Morgan fingerprint density at radius 1 is 0.661 bits per heavy atom. The molecule has 0 radical (unpaired) electrons. The number of amides is 1. The van der Waals surface area contributed by atoms with E-state index in [1.165, 1.54) is 55.5 Å². The van der Waals surface area contributed by atoms with E-state index in [0.717, 1.165) is 0 Å². The van der Waals surface area contributed by atoms with Crippen LogP contribution < -0.4 is 10.1 Å². The maximum absolute atomic E-state index is 14.5. The first-order chi connectivity index (χ1) is 26.9. The van der Waals surface area contributed by atoms with Gasteiger partial charge < -0.3 is 29.0 Å². The summed E-state index contributed by atoms with van der Waals surface area (Å²) in [6.45, 7) is 4.18. The van der Waals surface area contributed by atoms with Crippen molar-refractivity contribution >= 4 is 29.6 Å². The summed E-state index contributed by atoms with van der Waals surface area (Å²) >= 11 is 0. The Morgan fingerprint density at radius 3 is 1.73 bits per heavy atom. The Kier molecular flexibility index (Phi) is 12.0. The zero-order valence-corrected chi connectivity index (χ0v) is 30.7. The van der Waals surface area contributed by atoms with Gasteiger partial charge in [-0.05, 0) is 91.7 Å². The Bertz CT molecular complexity index is 2210. The molecule has 1 saturated heterocycles. The van der Waals surface area contributed by atoms with Crippen LogP contribution in [0.25, 0.3) is 11.1 Å². The van der Waals surface area contributed by atoms with Crippen LogP contribution in [0.1, 0.15) is 62.2 Å². The number of ketones is 1. The van der Waals surface area contributed by atoms with Crippen molar-refractivity contribution in [3.05, 3.63) is 162 Å². The SMILES string of the molecule is CC(=O)NCC(=O)c1ccc(O[C@@H]2OC(C)(C)[C@H](OC(=O)c3ccccc3)[C@@H](OC(=O)c3ccccc3)[C@H]2OC(=O)c2ccccc2)cc1-c1cccc(F)c1. The Labute approximate surface area is 322 Å². The topological polar surface area (TPSA) is 144 Å². The fourth-order valence-corrected chi connectivity index (χ4v) is 6.17. The largest absolute Gasteiger partial charge is 0.461 e. The van der Waals surface area contributed by atoms with E-state index < -0.39 is 65.6 Å². The number of carbonyl (C=O) groups excluding carboxylic acids is 5. The number of rotatable bonds is 12. The van der Waals surface area contributed by atoms with E-state index in [1.54, 1.807) is 98.8 Å². The van der Waals surface area contributed by atoms with Gasteiger partial charge in [-0.3, -0.25) is 9.59 Å². The van der Waals surface area contributed by atoms with Gasteiger partial charge in [-0.1, -0.05) is 66.7 Å². The number of esters is 3. The van der Waals surface area contributed by atoms with Gasteiger partial charge in [-0.25, -0.2) is 18.8 Å². The molecular weight excluding hydrogens is 721 g/mol. The van der Waals surface area contributed by atoms with Crippen LogP contribution in [0.4, 0.5) is 4.39 Å². The Balaban J connectivity index is 1.43. The van der Waals surface area contributed by atoms with Gasteiger partial charge in [0, 0.05) is 12.5 Å². The first-order valence-electron chi connectivity index (χ1n) is 17.7. The normalized spacial score (nSPS) is 18.5. The van der Waals surface area contributed by atoms with Gasteiger partial charge in [0.2, 0.25) is 18.3 Å². The highest BCUT2D eigenvalue weighted by atomic mass is 19.1. The van der Waals surface area contributed by atoms with Crippen LogP contribution in [0.2, 0.25) is 0 Å². The summed E-state index contributed by atoms with van der Waals surface area (Å²) in [5.41, 5.74) is -0.131. The van der Waals surface area contributed by atoms with Crippen LogP contribution in [0.15, 0.2) is 133 Å². The minimum Gasteiger partial charge on any atom is -0.461 e. The quantitative estimate of drug-likeness (QED) is 0.0802. The fraction of sp³-hybridized carbons (Fsp3) is 0.205. The molecule has 1 fully saturated rings. The van der Waals surface area contributed by atoms with Gasteiger partial charge in [0.15, 0.2) is 18.0 Å². The molecule has 0 aliphatic carbocycles. The van der Waals surface area contributed by atoms with Crippen molar-refractivity contribution in [2.75, 3.05) is 6.54 Å². The van der Waals surface area contributed by atoms with E-state index in [0.29, 0.717) is 5.56 Å². The van der Waals surface area contributed by atoms with Crippen LogP contribution in [0, 0.1) is 5.82 Å². The Hall–Kier alpha value is -6.66. The van der Waals surface area contributed by atoms with Crippen LogP contribution in [0.5, 0.6) is 5.75 Å². The highest BCUT2D eigenvalue weighted by molar-refractivity contribution is 6.05. The molecule has 1 N–H and O–H groups in total. The van der Waals surface area contributed by atoms with Crippen molar-refractivity contribution in [3.63, 3.8) is 0 Å². The third-order valence-electron chi connectivity index (χ3n) is 8.92. The number of benzene rings is 5. The molecule has 12 heteroatoms. The van der Waals surface area contributed by atoms with E-state index >= 15 is 0 Å². The van der Waals surface area contributed by atoms with Gasteiger partial charge in [-0.15, -0.1) is 0 Å². The minimum absolute atomic E-state index is 0.0924. The summed E-state index contributed by atoms with van der Waals surface area (Å²) < 4.78 is 45.6. The zero-order valence-electron chi connectivity index (χ0n) is 30.7. The fourth-order valence-electron chi connectivity index (χ4n) is 6.17. The number of Topliss-reactive ketones (excluding diaryl/α,β-unsaturated/α-hetero) is 1. The molecule has 0 bridgehead atoms. The molecule has 0 aromatic heterocycles. The van der Waals surface area contributed by atoms with Crippen molar-refractivity contribution in [2.24, 2.45) is 0 Å². The molecule has 1 heterocycles. The average molecular weight is 760 g/mol. The first kappa shape index (κ1) is 39.0. The van der Waals surface area contributed by atoms with Gasteiger partial charge in [0.05, 0.1) is 23.2 Å². The van der Waals surface area contributed by atoms with E-state index in [9.17, 15) is 28.4 Å². The number of carbonyl (C=O) groups is 5. The van der Waals surface area contributed by atoms with Gasteiger partial charge >= 0.3 is 17.9 Å². The summed E-state index contributed by atoms with van der Waals surface area (Å²) in [5.74, 6) is -3.70. The second kappa shape index (κ2) is 17.2. The smallest absolute Gasteiger partial charge is 0.338 e. The van der Waals surface area contributed by atoms with Crippen molar-refractivity contribution in [1.29, 1.82) is 0 Å². The summed E-state index contributed by atoms with van der Waals surface area (Å²) in [6.07, 6.45) is -5.93. The third kappa shape index (κ3) is 9.34. The molecule has 286 valence electrons. The van der Waals surface area contributed by atoms with Crippen molar-refractivity contribution in [1.82, 2.24) is 5.32 Å². The molecule has 0 spiro atoms. The van der Waals surface area contributed by atoms with Crippen molar-refractivity contribution < 1.29 is 52.0 Å². The molecule has 56 heavy (non-hydrogen) atoms. The van der Waals surface area contributed by atoms with Crippen LogP contribution >= 0.6 is 0 Å². The maximum Gasteiger partial charge on any atom is 0.338 e. The molecule has 6 rings (SSSR count). The van der Waals surface area contributed by atoms with Crippen molar-refractivity contribution in [3.8, 4) is 16.9 Å². The molecule has 0 unspecified atom stereocenters. The van der Waals surface area contributed by atoms with Crippen LogP contribution in [-0.4, -0.2) is 66.3 Å². The summed E-state index contributed by atoms with van der Waals surface area (Å²) in [5, 5.41) is 2.48. The molecule has 1 aliphatic heterocycles. The van der Waals surface area contributed by atoms with E-state index in [4.69, 9.17) is 23.7 Å². The van der Waals surface area contributed by atoms with Gasteiger partial charge in [0.25, 0.3) is 0 Å². The maximum atomic E-state index is 14.5. The van der Waals surface area contributed by atoms with Crippen molar-refractivity contribution in [2.45, 2.75) is 51.0 Å². The molecular formula is C44H38FNO10. The zero-order chi connectivity index (χ0) is 39.8. The molecule has 4 atom stereocenters. The monoisotopic (exact) mass is 759 g/mol. The first-order valence-corrected chi connectivity index (χ1v) is 17.7. The van der Waals surface area contributed by atoms with Gasteiger partial charge in [-0.2, -0.15) is 0 Å². The van der Waals surface area contributed by atoms with Crippen LogP contribution in [-0.2, 0) is 23.7 Å². The summed E-state index contributed by atoms with van der Waals surface area (Å²) in [4.78, 5) is 65.9. The molecule has 11 nitrogen and oxygen atoms in total. The average Bonchev–Trinajstić information content (AvgIpc) is 3.20. The summed E-state index contributed by atoms with van der Waals surface area (Å²) in [7, 11) is 0. The highest BCUT2D eigenvalue weighted by Gasteiger charge is 2.57. The van der Waals surface area contributed by atoms with E-state index in [2.05, 4.69) is 5.32 Å². The number of hydrogen-bond acceptors (Lipinski definition) is 10. The molecule has 1 amide bonds. The lowest BCUT2D eigenvalue weighted by Gasteiger charge is -2.48. The number of ether oxygens (including phenoxy) is 5. The predicted molar refractivity (Wildman–Crippen MR) is 201 cm³/mol. The standard InChI is InChI=1S/C44H38FNO10/c1-27(47)46-26-36(48)34-23-22-33(25-35(34)31-20-13-21-32(45)24-31)52-43-38(54-41(50)29-16-9-5-10-17-29)37(53-40(49)28-14-7-4-8-15-28)39(44(2,3)56-43)55-42(51)30-18-11-6-12-19-30/h4-25,37-39,43H,26H2,1-3H3,(H,46,47)/t37-,38+,39+,43+/m0/s1. The third-order valence-corrected chi connectivity index (χ3v) is 8.92. The molecule has 1 aliphatic rings. The minimum atomic E-state index is -1.56. The molecule has 5 aromatic carbocycles. The second-order valence-corrected chi connectivity index (χ2v) is 13.4. The second-order valence-electron chi connectivity index (χ2n) is 13.4. The lowest BCUT2D eigenvalue weighted by molar-refractivity contribution is -0.299. The lowest BCUT2D eigenvalue weighted by atomic mass is 9.89. The van der Waals surface area contributed by atoms with E-state index in [1.807, 2.05) is 0 Å². The number of halogens is 1. The molecule has 0 saturated carbocycles. The lowest BCUT2D eigenvalue weighted by Crippen LogP contribution is -2.66. The number of nitrogens with one attached hydrogen (secondary N) is 1.